The van der Waals surface area contributed by atoms with Crippen molar-refractivity contribution in [3.8, 4) is 0 Å². The molecule has 0 unspecified atom stereocenters. The molecule has 0 spiro atoms. The summed E-state index contributed by atoms with van der Waals surface area (Å²) in [4.78, 5) is 23.5. The zero-order chi connectivity index (χ0) is 11.1. The van der Waals surface area contributed by atoms with Crippen molar-refractivity contribution in [2.75, 3.05) is 0 Å². The summed E-state index contributed by atoms with van der Waals surface area (Å²) in [6, 6.07) is 8.09. The minimum atomic E-state index is -0.118. The summed E-state index contributed by atoms with van der Waals surface area (Å²) in [6.07, 6.45) is 4.32. The minimum absolute atomic E-state index is 0.110. The number of allylic oxidation sites excluding steroid dienone is 2. The third-order valence-corrected chi connectivity index (χ3v) is 3.63. The molecule has 0 aromatic heterocycles. The van der Waals surface area contributed by atoms with E-state index in [1.807, 2.05) is 12.1 Å². The highest BCUT2D eigenvalue weighted by atomic mass is 16.1. The Kier molecular flexibility index (Phi) is 2.03. The molecule has 0 bridgehead atoms. The molecule has 0 N–H and O–H groups in total. The van der Waals surface area contributed by atoms with Gasteiger partial charge in [0.15, 0.2) is 11.6 Å². The van der Waals surface area contributed by atoms with Crippen LogP contribution in [-0.2, 0) is 22.4 Å². The largest absolute Gasteiger partial charge is 0.295 e. The van der Waals surface area contributed by atoms with Crippen LogP contribution in [0, 0.1) is 11.8 Å². The van der Waals surface area contributed by atoms with E-state index in [9.17, 15) is 9.59 Å². The zero-order valence-electron chi connectivity index (χ0n) is 8.85. The Morgan fingerprint density at radius 2 is 1.25 bits per heavy atom. The van der Waals surface area contributed by atoms with E-state index in [1.165, 1.54) is 23.3 Å². The first-order valence-corrected chi connectivity index (χ1v) is 5.58. The molecule has 16 heavy (non-hydrogen) atoms. The molecule has 0 saturated heterocycles. The van der Waals surface area contributed by atoms with Gasteiger partial charge < -0.3 is 0 Å². The van der Waals surface area contributed by atoms with Crippen LogP contribution in [0.15, 0.2) is 36.4 Å². The lowest BCUT2D eigenvalue weighted by Crippen LogP contribution is -2.38. The number of rotatable bonds is 0. The van der Waals surface area contributed by atoms with Crippen molar-refractivity contribution in [3.63, 3.8) is 0 Å². The normalized spacial score (nSPS) is 27.5. The molecule has 0 radical (unpaired) electrons. The SMILES string of the molecule is O=C1C=CC(=O)[C@H]2Cc3ccccc3C[C@H]12. The maximum atomic E-state index is 11.7. The van der Waals surface area contributed by atoms with E-state index in [-0.39, 0.29) is 23.4 Å². The lowest BCUT2D eigenvalue weighted by atomic mass is 9.70. The topological polar surface area (TPSA) is 34.1 Å². The quantitative estimate of drug-likeness (QED) is 0.656. The summed E-state index contributed by atoms with van der Waals surface area (Å²) in [5.74, 6) is -0.0157. The van der Waals surface area contributed by atoms with Gasteiger partial charge in [0.2, 0.25) is 0 Å². The Hall–Kier alpha value is -1.70. The lowest BCUT2D eigenvalue weighted by molar-refractivity contribution is -0.129. The Morgan fingerprint density at radius 3 is 1.69 bits per heavy atom. The highest BCUT2D eigenvalue weighted by molar-refractivity contribution is 6.07. The molecule has 2 nitrogen and oxygen atoms in total. The van der Waals surface area contributed by atoms with Crippen LogP contribution in [0.1, 0.15) is 11.1 Å². The van der Waals surface area contributed by atoms with E-state index in [2.05, 4.69) is 12.1 Å². The van der Waals surface area contributed by atoms with Crippen molar-refractivity contribution < 1.29 is 9.59 Å². The number of hydrogen-bond donors (Lipinski definition) is 0. The van der Waals surface area contributed by atoms with Crippen LogP contribution >= 0.6 is 0 Å². The molecule has 0 fully saturated rings. The van der Waals surface area contributed by atoms with E-state index in [0.29, 0.717) is 0 Å². The number of carbonyl (C=O) groups excluding carboxylic acids is 2. The van der Waals surface area contributed by atoms with Gasteiger partial charge in [-0.3, -0.25) is 9.59 Å². The van der Waals surface area contributed by atoms with Crippen molar-refractivity contribution in [2.45, 2.75) is 12.8 Å². The average molecular weight is 212 g/mol. The first-order valence-electron chi connectivity index (χ1n) is 5.58. The van der Waals surface area contributed by atoms with Crippen molar-refractivity contribution in [1.82, 2.24) is 0 Å². The van der Waals surface area contributed by atoms with Crippen molar-refractivity contribution in [1.29, 1.82) is 0 Å². The van der Waals surface area contributed by atoms with E-state index in [4.69, 9.17) is 0 Å². The zero-order valence-corrected chi connectivity index (χ0v) is 8.85. The van der Waals surface area contributed by atoms with Gasteiger partial charge in [-0.1, -0.05) is 24.3 Å². The molecule has 2 heteroatoms. The Labute approximate surface area is 94.0 Å². The van der Waals surface area contributed by atoms with Crippen LogP contribution < -0.4 is 0 Å². The molecular formula is C14H12O2. The minimum Gasteiger partial charge on any atom is -0.295 e. The average Bonchev–Trinajstić information content (AvgIpc) is 2.32. The fourth-order valence-corrected chi connectivity index (χ4v) is 2.72. The van der Waals surface area contributed by atoms with Gasteiger partial charge in [0.1, 0.15) is 0 Å². The van der Waals surface area contributed by atoms with Gasteiger partial charge in [-0.15, -0.1) is 0 Å². The van der Waals surface area contributed by atoms with Gasteiger partial charge in [-0.25, -0.2) is 0 Å². The predicted molar refractivity (Wildman–Crippen MR) is 60.0 cm³/mol. The second-order valence-corrected chi connectivity index (χ2v) is 4.53. The van der Waals surface area contributed by atoms with Crippen LogP contribution in [0.3, 0.4) is 0 Å². The summed E-state index contributed by atoms with van der Waals surface area (Å²) in [5, 5.41) is 0. The van der Waals surface area contributed by atoms with Crippen LogP contribution in [-0.4, -0.2) is 11.6 Å². The molecule has 1 aromatic carbocycles. The van der Waals surface area contributed by atoms with Crippen LogP contribution in [0.2, 0.25) is 0 Å². The molecule has 2 aliphatic rings. The summed E-state index contributed by atoms with van der Waals surface area (Å²) >= 11 is 0. The molecule has 2 atom stereocenters. The van der Waals surface area contributed by atoms with Crippen molar-refractivity contribution >= 4 is 11.6 Å². The molecule has 0 amide bonds. The standard InChI is InChI=1S/C14H12O2/c15-13-5-6-14(16)12-8-10-4-2-1-3-9(10)7-11(12)13/h1-6,11-12H,7-8H2/t11-,12-/m0/s1. The van der Waals surface area contributed by atoms with Gasteiger partial charge in [-0.05, 0) is 36.1 Å². The fraction of sp³-hybridized carbons (Fsp3) is 0.286. The van der Waals surface area contributed by atoms with Gasteiger partial charge in [-0.2, -0.15) is 0 Å². The smallest absolute Gasteiger partial charge is 0.159 e. The van der Waals surface area contributed by atoms with Crippen molar-refractivity contribution in [2.24, 2.45) is 11.8 Å². The third kappa shape index (κ3) is 1.33. The maximum absolute atomic E-state index is 11.7. The highest BCUT2D eigenvalue weighted by Gasteiger charge is 2.38. The Balaban J connectivity index is 2.04. The number of carbonyl (C=O) groups is 2. The molecule has 3 rings (SSSR count). The van der Waals surface area contributed by atoms with Gasteiger partial charge >= 0.3 is 0 Å². The number of benzene rings is 1. The molecule has 0 saturated carbocycles. The van der Waals surface area contributed by atoms with E-state index in [0.717, 1.165) is 12.8 Å². The molecule has 1 aromatic rings. The van der Waals surface area contributed by atoms with Gasteiger partial charge in [0, 0.05) is 11.8 Å². The van der Waals surface area contributed by atoms with Crippen LogP contribution in [0.25, 0.3) is 0 Å². The highest BCUT2D eigenvalue weighted by Crippen LogP contribution is 2.33. The third-order valence-electron chi connectivity index (χ3n) is 3.63. The molecule has 0 heterocycles. The van der Waals surface area contributed by atoms with E-state index < -0.39 is 0 Å². The molecule has 2 aliphatic carbocycles. The Bertz CT molecular complexity index is 454. The fourth-order valence-electron chi connectivity index (χ4n) is 2.72. The number of ketones is 2. The number of fused-ring (bicyclic) bond motifs is 2. The second kappa shape index (κ2) is 3.41. The Morgan fingerprint density at radius 1 is 0.812 bits per heavy atom. The summed E-state index contributed by atoms with van der Waals surface area (Å²) < 4.78 is 0. The molecule has 80 valence electrons. The lowest BCUT2D eigenvalue weighted by Gasteiger charge is -2.31. The monoisotopic (exact) mass is 212 g/mol. The first kappa shape index (κ1) is 9.52. The van der Waals surface area contributed by atoms with E-state index in [1.54, 1.807) is 0 Å². The van der Waals surface area contributed by atoms with Gasteiger partial charge in [0.25, 0.3) is 0 Å². The summed E-state index contributed by atoms with van der Waals surface area (Å²) in [7, 11) is 0. The van der Waals surface area contributed by atoms with E-state index >= 15 is 0 Å². The van der Waals surface area contributed by atoms with Crippen molar-refractivity contribution in [3.05, 3.63) is 47.5 Å². The second-order valence-electron chi connectivity index (χ2n) is 4.53. The summed E-state index contributed by atoms with van der Waals surface area (Å²) in [6.45, 7) is 0. The first-order chi connectivity index (χ1) is 7.75. The predicted octanol–water partition coefficient (Wildman–Crippen LogP) is 1.73. The maximum Gasteiger partial charge on any atom is 0.159 e. The molecule has 0 aliphatic heterocycles. The van der Waals surface area contributed by atoms with Gasteiger partial charge in [0.05, 0.1) is 0 Å². The molecular weight excluding hydrogens is 200 g/mol. The van der Waals surface area contributed by atoms with Crippen LogP contribution in [0.5, 0.6) is 0 Å². The van der Waals surface area contributed by atoms with Crippen LogP contribution in [0.4, 0.5) is 0 Å². The summed E-state index contributed by atoms with van der Waals surface area (Å²) in [5.41, 5.74) is 2.44. The number of hydrogen-bond acceptors (Lipinski definition) is 2.